The molecule has 7 heteroatoms. The van der Waals surface area contributed by atoms with Crippen molar-refractivity contribution in [3.8, 4) is 0 Å². The average molecular weight is 359 g/mol. The van der Waals surface area contributed by atoms with Crippen LogP contribution in [0.4, 0.5) is 5.69 Å². The Bertz CT molecular complexity index is 776. The van der Waals surface area contributed by atoms with Crippen molar-refractivity contribution in [2.45, 2.75) is 39.4 Å². The normalized spacial score (nSPS) is 22.6. The molecule has 0 aromatic heterocycles. The molecule has 0 radical (unpaired) electrons. The molecule has 0 fully saturated rings. The first-order valence-corrected chi connectivity index (χ1v) is 8.13. The lowest BCUT2D eigenvalue weighted by Gasteiger charge is -2.31. The van der Waals surface area contributed by atoms with E-state index in [4.69, 9.17) is 4.74 Å². The van der Waals surface area contributed by atoms with Gasteiger partial charge in [0.1, 0.15) is 12.2 Å². The van der Waals surface area contributed by atoms with Crippen LogP contribution in [-0.4, -0.2) is 34.0 Å². The second-order valence-corrected chi connectivity index (χ2v) is 6.97. The molecule has 1 aromatic carbocycles. The number of nitro benzene ring substituents is 1. The van der Waals surface area contributed by atoms with Gasteiger partial charge in [0.25, 0.3) is 5.69 Å². The van der Waals surface area contributed by atoms with Gasteiger partial charge in [0.05, 0.1) is 4.92 Å². The highest BCUT2D eigenvalue weighted by Gasteiger charge is 2.39. The monoisotopic (exact) mass is 359 g/mol. The summed E-state index contributed by atoms with van der Waals surface area (Å²) >= 11 is 0. The Kier molecular flexibility index (Phi) is 5.72. The predicted molar refractivity (Wildman–Crippen MR) is 95.2 cm³/mol. The molecule has 0 bridgehead atoms. The predicted octanol–water partition coefficient (Wildman–Crippen LogP) is 2.83. The van der Waals surface area contributed by atoms with Crippen molar-refractivity contribution in [1.29, 1.82) is 0 Å². The fraction of sp³-hybridized carbons (Fsp3) is 0.368. The van der Waals surface area contributed by atoms with Crippen LogP contribution in [0, 0.1) is 15.5 Å². The number of non-ortho nitro benzene ring substituents is 1. The zero-order chi connectivity index (χ0) is 19.5. The molecule has 2 atom stereocenters. The van der Waals surface area contributed by atoms with Crippen LogP contribution in [0.5, 0.6) is 0 Å². The Morgan fingerprint density at radius 2 is 1.96 bits per heavy atom. The summed E-state index contributed by atoms with van der Waals surface area (Å²) < 4.78 is 5.31. The van der Waals surface area contributed by atoms with Gasteiger partial charge in [-0.1, -0.05) is 13.8 Å². The van der Waals surface area contributed by atoms with Gasteiger partial charge in [-0.05, 0) is 42.3 Å². The molecule has 0 aliphatic heterocycles. The second kappa shape index (κ2) is 7.61. The number of hydrogen-bond donors (Lipinski definition) is 1. The maximum atomic E-state index is 12.1. The molecule has 0 heterocycles. The van der Waals surface area contributed by atoms with E-state index in [2.05, 4.69) is 0 Å². The molecule has 2 unspecified atom stereocenters. The molecular weight excluding hydrogens is 338 g/mol. The quantitative estimate of drug-likeness (QED) is 0.383. The summed E-state index contributed by atoms with van der Waals surface area (Å²) in [6.45, 7) is 5.12. The fourth-order valence-electron chi connectivity index (χ4n) is 2.68. The number of rotatable bonds is 4. The van der Waals surface area contributed by atoms with Crippen LogP contribution in [-0.2, 0) is 14.3 Å². The third kappa shape index (κ3) is 4.64. The number of Topliss-reactive ketones (excluding diaryl/α,β-unsaturated/α-hetero) is 1. The number of nitrogens with zero attached hydrogens (tertiary/aromatic N) is 1. The zero-order valence-corrected chi connectivity index (χ0v) is 14.8. The number of aliphatic hydroxyl groups excluding tert-OH is 1. The molecule has 0 saturated heterocycles. The molecule has 1 aromatic rings. The molecular formula is C19H21NO6. The minimum atomic E-state index is -1.01. The van der Waals surface area contributed by atoms with Crippen molar-refractivity contribution in [3.05, 3.63) is 57.7 Å². The Morgan fingerprint density at radius 1 is 1.35 bits per heavy atom. The van der Waals surface area contributed by atoms with E-state index in [0.29, 0.717) is 11.1 Å². The number of hydrogen-bond acceptors (Lipinski definition) is 6. The number of allylic oxidation sites excluding steroid dienone is 1. The molecule has 0 saturated carbocycles. The molecule has 138 valence electrons. The van der Waals surface area contributed by atoms with E-state index in [9.17, 15) is 24.8 Å². The van der Waals surface area contributed by atoms with Crippen LogP contribution in [0.25, 0.3) is 6.08 Å². The highest BCUT2D eigenvalue weighted by molar-refractivity contribution is 5.96. The van der Waals surface area contributed by atoms with E-state index in [1.165, 1.54) is 42.5 Å². The first kappa shape index (κ1) is 19.5. The smallest absolute Gasteiger partial charge is 0.331 e. The van der Waals surface area contributed by atoms with Gasteiger partial charge in [-0.2, -0.15) is 0 Å². The lowest BCUT2D eigenvalue weighted by molar-refractivity contribution is -0.384. The summed E-state index contributed by atoms with van der Waals surface area (Å²) in [5.41, 5.74) is 0.278. The molecule has 1 aliphatic carbocycles. The maximum Gasteiger partial charge on any atom is 0.331 e. The van der Waals surface area contributed by atoms with E-state index in [0.717, 1.165) is 0 Å². The van der Waals surface area contributed by atoms with E-state index < -0.39 is 28.5 Å². The zero-order valence-electron chi connectivity index (χ0n) is 14.8. The van der Waals surface area contributed by atoms with Gasteiger partial charge in [-0.15, -0.1) is 0 Å². The second-order valence-electron chi connectivity index (χ2n) is 6.97. The maximum absolute atomic E-state index is 12.1. The highest BCUT2D eigenvalue weighted by Crippen LogP contribution is 2.33. The van der Waals surface area contributed by atoms with E-state index in [1.807, 2.05) is 0 Å². The molecule has 1 aliphatic rings. The average Bonchev–Trinajstić information content (AvgIpc) is 2.64. The summed E-state index contributed by atoms with van der Waals surface area (Å²) in [6.07, 6.45) is 2.34. The lowest BCUT2D eigenvalue weighted by Crippen LogP contribution is -2.40. The SMILES string of the molecule is CC1=CC(OC(=O)C=Cc2ccc([N+](=O)[O-])cc2)C(O)C(C)(C)CC1=O. The van der Waals surface area contributed by atoms with E-state index in [1.54, 1.807) is 20.8 Å². The van der Waals surface area contributed by atoms with Crippen LogP contribution in [0.2, 0.25) is 0 Å². The minimum absolute atomic E-state index is 0.0428. The Balaban J connectivity index is 2.10. The first-order valence-electron chi connectivity index (χ1n) is 8.13. The van der Waals surface area contributed by atoms with Crippen molar-refractivity contribution in [2.75, 3.05) is 0 Å². The van der Waals surface area contributed by atoms with Crippen molar-refractivity contribution < 1.29 is 24.4 Å². The largest absolute Gasteiger partial charge is 0.452 e. The standard InChI is InChI=1S/C19H21NO6/c1-12-10-16(18(23)19(2,3)11-15(12)21)26-17(22)9-6-13-4-7-14(8-5-13)20(24)25/h4-10,16,18,23H,11H2,1-3H3. The van der Waals surface area contributed by atoms with Crippen molar-refractivity contribution >= 4 is 23.5 Å². The summed E-state index contributed by atoms with van der Waals surface area (Å²) in [7, 11) is 0. The van der Waals surface area contributed by atoms with E-state index >= 15 is 0 Å². The number of benzene rings is 1. The highest BCUT2D eigenvalue weighted by atomic mass is 16.6. The number of esters is 1. The number of aliphatic hydroxyl groups is 1. The molecule has 2 rings (SSSR count). The topological polar surface area (TPSA) is 107 Å². The van der Waals surface area contributed by atoms with Crippen LogP contribution in [0.3, 0.4) is 0 Å². The first-order chi connectivity index (χ1) is 12.1. The van der Waals surface area contributed by atoms with Crippen molar-refractivity contribution in [2.24, 2.45) is 5.41 Å². The van der Waals surface area contributed by atoms with Gasteiger partial charge in [0, 0.05) is 30.0 Å². The van der Waals surface area contributed by atoms with Gasteiger partial charge >= 0.3 is 5.97 Å². The van der Waals surface area contributed by atoms with Crippen LogP contribution >= 0.6 is 0 Å². The summed E-state index contributed by atoms with van der Waals surface area (Å²) in [6, 6.07) is 5.68. The lowest BCUT2D eigenvalue weighted by atomic mass is 9.80. The number of ether oxygens (including phenoxy) is 1. The summed E-state index contributed by atoms with van der Waals surface area (Å²) in [4.78, 5) is 34.2. The summed E-state index contributed by atoms with van der Waals surface area (Å²) in [5, 5.41) is 21.1. The Hall–Kier alpha value is -2.80. The molecule has 26 heavy (non-hydrogen) atoms. The minimum Gasteiger partial charge on any atom is -0.452 e. The van der Waals surface area contributed by atoms with Crippen LogP contribution < -0.4 is 0 Å². The number of carbonyl (C=O) groups is 2. The fourth-order valence-corrected chi connectivity index (χ4v) is 2.68. The Morgan fingerprint density at radius 3 is 2.54 bits per heavy atom. The van der Waals surface area contributed by atoms with Gasteiger partial charge in [-0.25, -0.2) is 4.79 Å². The van der Waals surface area contributed by atoms with Gasteiger partial charge in [0.15, 0.2) is 5.78 Å². The number of ketones is 1. The van der Waals surface area contributed by atoms with Crippen molar-refractivity contribution in [1.82, 2.24) is 0 Å². The number of carbonyl (C=O) groups excluding carboxylic acids is 2. The third-order valence-electron chi connectivity index (χ3n) is 4.35. The van der Waals surface area contributed by atoms with Crippen molar-refractivity contribution in [3.63, 3.8) is 0 Å². The molecule has 0 amide bonds. The van der Waals surface area contributed by atoms with Crippen LogP contribution in [0.1, 0.15) is 32.8 Å². The summed E-state index contributed by atoms with van der Waals surface area (Å²) in [5.74, 6) is -0.768. The van der Waals surface area contributed by atoms with Gasteiger partial charge in [-0.3, -0.25) is 14.9 Å². The molecule has 0 spiro atoms. The van der Waals surface area contributed by atoms with Gasteiger partial charge in [0.2, 0.25) is 0 Å². The van der Waals surface area contributed by atoms with E-state index in [-0.39, 0.29) is 17.9 Å². The molecule has 1 N–H and O–H groups in total. The van der Waals surface area contributed by atoms with Gasteiger partial charge < -0.3 is 9.84 Å². The Labute approximate surface area is 151 Å². The molecule has 7 nitrogen and oxygen atoms in total. The number of nitro groups is 1. The van der Waals surface area contributed by atoms with Crippen LogP contribution in [0.15, 0.2) is 42.0 Å². The third-order valence-corrected chi connectivity index (χ3v) is 4.35.